The lowest BCUT2D eigenvalue weighted by Gasteiger charge is -2.24. The highest BCUT2D eigenvalue weighted by Gasteiger charge is 2.27. The first-order valence-electron chi connectivity index (χ1n) is 11.6. The van der Waals surface area contributed by atoms with Crippen LogP contribution in [0.5, 0.6) is 0 Å². The maximum atomic E-state index is 13.2. The van der Waals surface area contributed by atoms with Gasteiger partial charge in [-0.2, -0.15) is 0 Å². The van der Waals surface area contributed by atoms with E-state index in [2.05, 4.69) is 17.6 Å². The molecule has 2 N–H and O–H groups in total. The number of nitrogens with one attached hydrogen (secondary N) is 2. The molecule has 1 heterocycles. The van der Waals surface area contributed by atoms with E-state index in [4.69, 9.17) is 4.42 Å². The topological polar surface area (TPSA) is 88.4 Å². The van der Waals surface area contributed by atoms with Gasteiger partial charge in [-0.05, 0) is 49.9 Å². The first-order valence-corrected chi connectivity index (χ1v) is 12.8. The molecule has 180 valence electrons. The molecule has 2 amide bonds. The van der Waals surface area contributed by atoms with Crippen LogP contribution in [0.15, 0.2) is 47.1 Å². The number of hydrogen-bond donors (Lipinski definition) is 2. The van der Waals surface area contributed by atoms with E-state index in [0.717, 1.165) is 24.2 Å². The molecule has 0 aliphatic heterocycles. The Bertz CT molecular complexity index is 895. The first kappa shape index (κ1) is 26.7. The predicted molar refractivity (Wildman–Crippen MR) is 133 cm³/mol. The van der Waals surface area contributed by atoms with E-state index in [-0.39, 0.29) is 23.5 Å². The van der Waals surface area contributed by atoms with Gasteiger partial charge in [-0.25, -0.2) is 0 Å². The largest absolute Gasteiger partial charge is 0.468 e. The monoisotopic (exact) mass is 472 g/mol. The highest BCUT2D eigenvalue weighted by molar-refractivity contribution is 7.99. The van der Waals surface area contributed by atoms with E-state index < -0.39 is 12.1 Å². The van der Waals surface area contributed by atoms with Gasteiger partial charge in [0.1, 0.15) is 11.8 Å². The number of thioether (sulfide) groups is 1. The van der Waals surface area contributed by atoms with Crippen molar-refractivity contribution in [2.75, 3.05) is 5.75 Å². The lowest BCUT2D eigenvalue weighted by atomic mass is 10.0. The van der Waals surface area contributed by atoms with Crippen molar-refractivity contribution >= 4 is 29.4 Å². The van der Waals surface area contributed by atoms with Gasteiger partial charge in [0, 0.05) is 5.56 Å². The van der Waals surface area contributed by atoms with Crippen molar-refractivity contribution in [1.29, 1.82) is 0 Å². The molecule has 2 atom stereocenters. The van der Waals surface area contributed by atoms with E-state index in [9.17, 15) is 14.4 Å². The summed E-state index contributed by atoms with van der Waals surface area (Å²) >= 11 is 1.47. The number of hydrogen-bond acceptors (Lipinski definition) is 5. The fourth-order valence-corrected chi connectivity index (χ4v) is 4.34. The fourth-order valence-electron chi connectivity index (χ4n) is 3.47. The summed E-state index contributed by atoms with van der Waals surface area (Å²) in [4.78, 5) is 38.8. The van der Waals surface area contributed by atoms with Crippen molar-refractivity contribution in [2.24, 2.45) is 5.92 Å². The van der Waals surface area contributed by atoms with Crippen LogP contribution in [0.1, 0.15) is 68.1 Å². The number of carbonyl (C=O) groups excluding carboxylic acids is 3. The molecule has 0 fully saturated rings. The van der Waals surface area contributed by atoms with Gasteiger partial charge in [0.2, 0.25) is 5.91 Å². The Labute approximate surface area is 201 Å². The van der Waals surface area contributed by atoms with Gasteiger partial charge in [0.15, 0.2) is 5.78 Å². The summed E-state index contributed by atoms with van der Waals surface area (Å²) in [5.41, 5.74) is 1.49. The van der Waals surface area contributed by atoms with Crippen molar-refractivity contribution in [3.63, 3.8) is 0 Å². The molecule has 2 aromatic rings. The minimum Gasteiger partial charge on any atom is -0.468 e. The Balaban J connectivity index is 2.02. The molecule has 0 radical (unpaired) electrons. The van der Waals surface area contributed by atoms with Gasteiger partial charge < -0.3 is 15.1 Å². The van der Waals surface area contributed by atoms with Crippen LogP contribution in [0.4, 0.5) is 0 Å². The summed E-state index contributed by atoms with van der Waals surface area (Å²) < 4.78 is 5.31. The Morgan fingerprint density at radius 1 is 1.06 bits per heavy atom. The minimum absolute atomic E-state index is 0.0123. The van der Waals surface area contributed by atoms with Gasteiger partial charge in [-0.1, -0.05) is 51.3 Å². The summed E-state index contributed by atoms with van der Waals surface area (Å²) in [5.74, 6) is 1.31. The van der Waals surface area contributed by atoms with Gasteiger partial charge in [0.25, 0.3) is 5.91 Å². The van der Waals surface area contributed by atoms with Crippen LogP contribution in [0.25, 0.3) is 0 Å². The second-order valence-electron chi connectivity index (χ2n) is 8.77. The van der Waals surface area contributed by atoms with Crippen molar-refractivity contribution in [3.8, 4) is 0 Å². The Morgan fingerprint density at radius 3 is 2.48 bits per heavy atom. The average molecular weight is 473 g/mol. The maximum absolute atomic E-state index is 13.2. The highest BCUT2D eigenvalue weighted by Crippen LogP contribution is 2.15. The highest BCUT2D eigenvalue weighted by atomic mass is 32.2. The Morgan fingerprint density at radius 2 is 1.85 bits per heavy atom. The molecule has 1 aromatic heterocycles. The standard InChI is InChI=1S/C26H36N2O4S/c1-5-6-12-22(24(29)17-33-16-21-11-8-13-32-21)27-26(31)23(14-18(2)3)28-25(30)20-10-7-9-19(4)15-20/h7-11,13,15,18,22-23H,5-6,12,14,16-17H2,1-4H3,(H,27,31)(H,28,30)/t22-,23-/m0/s1. The number of amides is 2. The zero-order valence-electron chi connectivity index (χ0n) is 20.1. The van der Waals surface area contributed by atoms with E-state index in [1.54, 1.807) is 18.4 Å². The second kappa shape index (κ2) is 13.9. The van der Waals surface area contributed by atoms with E-state index >= 15 is 0 Å². The Kier molecular flexibility index (Phi) is 11.2. The number of rotatable bonds is 14. The summed E-state index contributed by atoms with van der Waals surface area (Å²) in [7, 11) is 0. The number of Topliss-reactive ketones (excluding diaryl/α,β-unsaturated/α-hetero) is 1. The van der Waals surface area contributed by atoms with Gasteiger partial charge in [-0.15, -0.1) is 11.8 Å². The predicted octanol–water partition coefficient (Wildman–Crippen LogP) is 4.91. The number of benzene rings is 1. The lowest BCUT2D eigenvalue weighted by molar-refractivity contribution is -0.128. The van der Waals surface area contributed by atoms with Crippen molar-refractivity contribution < 1.29 is 18.8 Å². The van der Waals surface area contributed by atoms with Crippen LogP contribution in [-0.4, -0.2) is 35.4 Å². The molecule has 0 spiro atoms. The van der Waals surface area contributed by atoms with Crippen molar-refractivity contribution in [2.45, 2.75) is 71.2 Å². The molecule has 1 aromatic carbocycles. The molecular weight excluding hydrogens is 436 g/mol. The van der Waals surface area contributed by atoms with Crippen molar-refractivity contribution in [1.82, 2.24) is 10.6 Å². The molecule has 0 saturated heterocycles. The molecule has 7 heteroatoms. The third kappa shape index (κ3) is 9.46. The quantitative estimate of drug-likeness (QED) is 0.408. The second-order valence-corrected chi connectivity index (χ2v) is 9.75. The molecule has 33 heavy (non-hydrogen) atoms. The smallest absolute Gasteiger partial charge is 0.251 e. The number of carbonyl (C=O) groups is 3. The van der Waals surface area contributed by atoms with Crippen LogP contribution >= 0.6 is 11.8 Å². The van der Waals surface area contributed by atoms with Gasteiger partial charge >= 0.3 is 0 Å². The molecule has 0 aliphatic rings. The number of furan rings is 1. The van der Waals surface area contributed by atoms with Gasteiger partial charge in [0.05, 0.1) is 23.8 Å². The first-order chi connectivity index (χ1) is 15.8. The molecule has 0 saturated carbocycles. The average Bonchev–Trinajstić information content (AvgIpc) is 3.29. The maximum Gasteiger partial charge on any atom is 0.251 e. The normalized spacial score (nSPS) is 12.9. The number of unbranched alkanes of at least 4 members (excludes halogenated alkanes) is 1. The summed E-state index contributed by atoms with van der Waals surface area (Å²) in [6.07, 6.45) is 4.46. The van der Waals surface area contributed by atoms with E-state index in [1.807, 2.05) is 45.0 Å². The molecule has 2 rings (SSSR count). The van der Waals surface area contributed by atoms with E-state index in [1.165, 1.54) is 11.8 Å². The van der Waals surface area contributed by atoms with E-state index in [0.29, 0.717) is 29.9 Å². The molecule has 0 aliphatic carbocycles. The van der Waals surface area contributed by atoms with Crippen LogP contribution in [0.2, 0.25) is 0 Å². The number of aryl methyl sites for hydroxylation is 1. The molecular formula is C26H36N2O4S. The molecule has 0 unspecified atom stereocenters. The minimum atomic E-state index is -0.703. The van der Waals surface area contributed by atoms with Crippen molar-refractivity contribution in [3.05, 3.63) is 59.5 Å². The SMILES string of the molecule is CCCC[C@H](NC(=O)[C@H](CC(C)C)NC(=O)c1cccc(C)c1)C(=O)CSCc1ccco1. The zero-order chi connectivity index (χ0) is 24.2. The van der Waals surface area contributed by atoms with Crippen LogP contribution in [0.3, 0.4) is 0 Å². The number of ketones is 1. The van der Waals surface area contributed by atoms with Crippen LogP contribution < -0.4 is 10.6 Å². The van der Waals surface area contributed by atoms with Crippen LogP contribution in [-0.2, 0) is 15.3 Å². The molecule has 0 bridgehead atoms. The third-order valence-electron chi connectivity index (χ3n) is 5.23. The van der Waals surface area contributed by atoms with Crippen LogP contribution in [0, 0.1) is 12.8 Å². The van der Waals surface area contributed by atoms with Gasteiger partial charge in [-0.3, -0.25) is 14.4 Å². The molecule has 6 nitrogen and oxygen atoms in total. The summed E-state index contributed by atoms with van der Waals surface area (Å²) in [6, 6.07) is 9.70. The Hall–Kier alpha value is -2.54. The lowest BCUT2D eigenvalue weighted by Crippen LogP contribution is -2.52. The summed E-state index contributed by atoms with van der Waals surface area (Å²) in [5, 5.41) is 5.80. The summed E-state index contributed by atoms with van der Waals surface area (Å²) in [6.45, 7) is 7.98. The third-order valence-corrected chi connectivity index (χ3v) is 6.21. The zero-order valence-corrected chi connectivity index (χ0v) is 20.9. The fraction of sp³-hybridized carbons (Fsp3) is 0.500.